The number of aromatic nitrogens is 4. The molecule has 0 atom stereocenters. The summed E-state index contributed by atoms with van der Waals surface area (Å²) in [7, 11) is 4.24. The molecule has 0 saturated heterocycles. The van der Waals surface area contributed by atoms with Crippen LogP contribution in [-0.2, 0) is 11.2 Å². The van der Waals surface area contributed by atoms with Gasteiger partial charge < -0.3 is 4.90 Å². The summed E-state index contributed by atoms with van der Waals surface area (Å²) >= 11 is 0. The monoisotopic (exact) mass is 375 g/mol. The lowest BCUT2D eigenvalue weighted by Crippen LogP contribution is -2.34. The number of ketones is 1. The van der Waals surface area contributed by atoms with Crippen molar-refractivity contribution in [1.82, 2.24) is 24.8 Å². The number of carbonyl (C=O) groups excluding carboxylic acids is 1. The van der Waals surface area contributed by atoms with Gasteiger partial charge in [0, 0.05) is 53.6 Å². The van der Waals surface area contributed by atoms with Gasteiger partial charge in [0.05, 0.1) is 23.6 Å². The Kier molecular flexibility index (Phi) is 5.39. The molecule has 6 heteroatoms. The first kappa shape index (κ1) is 18.6. The molecular formula is C22H25N5O. The van der Waals surface area contributed by atoms with E-state index in [0.29, 0.717) is 18.2 Å². The molecule has 3 heterocycles. The van der Waals surface area contributed by atoms with E-state index in [4.69, 9.17) is 0 Å². The zero-order valence-electron chi connectivity index (χ0n) is 16.4. The highest BCUT2D eigenvalue weighted by Gasteiger charge is 2.27. The Hall–Kier alpha value is -2.73. The molecule has 1 aliphatic rings. The Labute approximate surface area is 165 Å². The Morgan fingerprint density at radius 2 is 1.82 bits per heavy atom. The van der Waals surface area contributed by atoms with E-state index < -0.39 is 0 Å². The second-order valence-electron chi connectivity index (χ2n) is 7.80. The van der Waals surface area contributed by atoms with Crippen LogP contribution in [-0.4, -0.2) is 50.8 Å². The van der Waals surface area contributed by atoms with E-state index in [1.165, 1.54) is 0 Å². The molecule has 3 aromatic rings. The van der Waals surface area contributed by atoms with Crippen molar-refractivity contribution in [3.05, 3.63) is 48.8 Å². The van der Waals surface area contributed by atoms with Crippen molar-refractivity contribution < 1.29 is 4.79 Å². The van der Waals surface area contributed by atoms with Gasteiger partial charge in [-0.25, -0.2) is 0 Å². The topological polar surface area (TPSA) is 71.9 Å². The van der Waals surface area contributed by atoms with Crippen molar-refractivity contribution in [1.29, 1.82) is 0 Å². The maximum atomic E-state index is 12.8. The summed E-state index contributed by atoms with van der Waals surface area (Å²) in [6.07, 6.45) is 13.1. The molecule has 3 aromatic heterocycles. The quantitative estimate of drug-likeness (QED) is 0.681. The first-order valence-electron chi connectivity index (χ1n) is 9.80. The number of hydrogen-bond donors (Lipinski definition) is 0. The Morgan fingerprint density at radius 1 is 1.00 bits per heavy atom. The van der Waals surface area contributed by atoms with Gasteiger partial charge in [-0.2, -0.15) is 0 Å². The minimum atomic E-state index is 0.165. The van der Waals surface area contributed by atoms with Crippen molar-refractivity contribution in [2.24, 2.45) is 5.92 Å². The molecule has 0 aromatic carbocycles. The number of pyridine rings is 2. The number of fused-ring (bicyclic) bond motifs is 1. The molecule has 0 amide bonds. The molecule has 4 rings (SSSR count). The zero-order chi connectivity index (χ0) is 19.5. The van der Waals surface area contributed by atoms with Gasteiger partial charge in [-0.1, -0.05) is 0 Å². The molecule has 0 aliphatic heterocycles. The molecule has 144 valence electrons. The Bertz CT molecular complexity index is 965. The summed E-state index contributed by atoms with van der Waals surface area (Å²) in [5, 5.41) is 0.970. The van der Waals surface area contributed by atoms with E-state index in [-0.39, 0.29) is 5.92 Å². The fourth-order valence-corrected chi connectivity index (χ4v) is 4.00. The zero-order valence-corrected chi connectivity index (χ0v) is 16.4. The predicted molar refractivity (Wildman–Crippen MR) is 109 cm³/mol. The first-order valence-corrected chi connectivity index (χ1v) is 9.80. The molecule has 0 unspecified atom stereocenters. The van der Waals surface area contributed by atoms with Crippen molar-refractivity contribution in [3.8, 4) is 11.3 Å². The maximum absolute atomic E-state index is 12.8. The molecule has 0 bridgehead atoms. The number of nitrogens with zero attached hydrogens (tertiary/aromatic N) is 5. The van der Waals surface area contributed by atoms with Crippen LogP contribution in [0.4, 0.5) is 0 Å². The summed E-state index contributed by atoms with van der Waals surface area (Å²) in [5.74, 6) is 0.472. The van der Waals surface area contributed by atoms with Crippen LogP contribution >= 0.6 is 0 Å². The van der Waals surface area contributed by atoms with Gasteiger partial charge in [-0.05, 0) is 51.9 Å². The van der Waals surface area contributed by atoms with Gasteiger partial charge in [-0.3, -0.25) is 24.7 Å². The van der Waals surface area contributed by atoms with Gasteiger partial charge >= 0.3 is 0 Å². The largest absolute Gasteiger partial charge is 0.306 e. The van der Waals surface area contributed by atoms with Crippen molar-refractivity contribution in [2.45, 2.75) is 38.1 Å². The van der Waals surface area contributed by atoms with E-state index in [9.17, 15) is 4.79 Å². The minimum Gasteiger partial charge on any atom is -0.306 e. The highest BCUT2D eigenvalue weighted by Crippen LogP contribution is 2.28. The fraction of sp³-hybridized carbons (Fsp3) is 0.409. The van der Waals surface area contributed by atoms with Crippen LogP contribution in [0, 0.1) is 5.92 Å². The van der Waals surface area contributed by atoms with Crippen LogP contribution < -0.4 is 0 Å². The molecule has 1 aliphatic carbocycles. The van der Waals surface area contributed by atoms with Crippen molar-refractivity contribution >= 4 is 16.7 Å². The third-order valence-corrected chi connectivity index (χ3v) is 5.72. The van der Waals surface area contributed by atoms with Crippen LogP contribution in [0.15, 0.2) is 43.1 Å². The second kappa shape index (κ2) is 8.10. The summed E-state index contributed by atoms with van der Waals surface area (Å²) in [4.78, 5) is 32.4. The molecule has 0 N–H and O–H groups in total. The molecule has 28 heavy (non-hydrogen) atoms. The molecule has 1 fully saturated rings. The van der Waals surface area contributed by atoms with Gasteiger partial charge in [0.15, 0.2) is 0 Å². The number of Topliss-reactive ketones (excluding diaryl/α,β-unsaturated/α-hetero) is 1. The highest BCUT2D eigenvalue weighted by atomic mass is 16.1. The second-order valence-corrected chi connectivity index (χ2v) is 7.80. The van der Waals surface area contributed by atoms with Gasteiger partial charge in [0.2, 0.25) is 0 Å². The molecule has 0 radical (unpaired) electrons. The van der Waals surface area contributed by atoms with Crippen LogP contribution in [0.1, 0.15) is 31.4 Å². The van der Waals surface area contributed by atoms with Gasteiger partial charge in [0.25, 0.3) is 0 Å². The SMILES string of the molecule is CN(C)C1CCC(C(=O)Cc2cc3cc(-c4cnccn4)cnc3cn2)CC1. The predicted octanol–water partition coefficient (Wildman–Crippen LogP) is 3.32. The first-order chi connectivity index (χ1) is 13.6. The molecule has 1 saturated carbocycles. The summed E-state index contributed by atoms with van der Waals surface area (Å²) in [6, 6.07) is 4.61. The molecule has 0 spiro atoms. The smallest absolute Gasteiger partial charge is 0.141 e. The lowest BCUT2D eigenvalue weighted by atomic mass is 9.82. The lowest BCUT2D eigenvalue weighted by molar-refractivity contribution is -0.123. The Balaban J connectivity index is 1.49. The van der Waals surface area contributed by atoms with Crippen LogP contribution in [0.25, 0.3) is 22.2 Å². The summed E-state index contributed by atoms with van der Waals surface area (Å²) < 4.78 is 0. The van der Waals surface area contributed by atoms with E-state index in [1.54, 1.807) is 31.0 Å². The normalized spacial score (nSPS) is 19.8. The van der Waals surface area contributed by atoms with E-state index in [0.717, 1.165) is 53.5 Å². The average Bonchev–Trinajstić information content (AvgIpc) is 2.74. The van der Waals surface area contributed by atoms with Crippen molar-refractivity contribution in [3.63, 3.8) is 0 Å². The number of rotatable bonds is 5. The molecular weight excluding hydrogens is 350 g/mol. The maximum Gasteiger partial charge on any atom is 0.141 e. The Morgan fingerprint density at radius 3 is 2.54 bits per heavy atom. The standard InChI is InChI=1S/C22H25N5O/c1-27(2)19-5-3-15(4-6-19)22(28)11-18-10-16-9-17(12-26-21(16)14-25-18)20-13-23-7-8-24-20/h7-10,12-15,19H,3-6,11H2,1-2H3. The van der Waals surface area contributed by atoms with E-state index in [1.807, 2.05) is 12.1 Å². The lowest BCUT2D eigenvalue weighted by Gasteiger charge is -2.31. The van der Waals surface area contributed by atoms with Crippen LogP contribution in [0.5, 0.6) is 0 Å². The fourth-order valence-electron chi connectivity index (χ4n) is 4.00. The van der Waals surface area contributed by atoms with Gasteiger partial charge in [-0.15, -0.1) is 0 Å². The molecule has 6 nitrogen and oxygen atoms in total. The third kappa shape index (κ3) is 4.07. The van der Waals surface area contributed by atoms with Crippen molar-refractivity contribution in [2.75, 3.05) is 14.1 Å². The van der Waals surface area contributed by atoms with Gasteiger partial charge in [0.1, 0.15) is 5.78 Å². The third-order valence-electron chi connectivity index (χ3n) is 5.72. The highest BCUT2D eigenvalue weighted by molar-refractivity contribution is 5.86. The summed E-state index contributed by atoms with van der Waals surface area (Å²) in [6.45, 7) is 0. The minimum absolute atomic E-state index is 0.165. The van der Waals surface area contributed by atoms with Crippen LogP contribution in [0.2, 0.25) is 0 Å². The van der Waals surface area contributed by atoms with E-state index >= 15 is 0 Å². The number of hydrogen-bond acceptors (Lipinski definition) is 6. The summed E-state index contributed by atoms with van der Waals surface area (Å²) in [5.41, 5.74) is 3.32. The number of carbonyl (C=O) groups is 1. The van der Waals surface area contributed by atoms with E-state index in [2.05, 4.69) is 38.9 Å². The average molecular weight is 375 g/mol. The van der Waals surface area contributed by atoms with Crippen LogP contribution in [0.3, 0.4) is 0 Å².